The van der Waals surface area contributed by atoms with Crippen molar-refractivity contribution in [1.82, 2.24) is 15.3 Å². The van der Waals surface area contributed by atoms with Crippen LogP contribution in [0.3, 0.4) is 0 Å². The molecule has 26 heavy (non-hydrogen) atoms. The van der Waals surface area contributed by atoms with E-state index in [1.165, 1.54) is 14.2 Å². The van der Waals surface area contributed by atoms with Gasteiger partial charge in [0.15, 0.2) is 17.2 Å². The molecule has 8 heteroatoms. The molecule has 0 radical (unpaired) electrons. The molecule has 0 fully saturated rings. The van der Waals surface area contributed by atoms with Crippen LogP contribution in [-0.2, 0) is 13.0 Å². The molecule has 0 aliphatic carbocycles. The molecule has 2 aromatic rings. The van der Waals surface area contributed by atoms with E-state index in [1.807, 2.05) is 6.92 Å². The Morgan fingerprint density at radius 3 is 2.62 bits per heavy atom. The average molecular weight is 361 g/mol. The molecule has 8 nitrogen and oxygen atoms in total. The number of unbranched alkanes of at least 4 members (excludes halogenated alkanes) is 1. The highest BCUT2D eigenvalue weighted by Crippen LogP contribution is 2.31. The van der Waals surface area contributed by atoms with Crippen LogP contribution in [0.5, 0.6) is 23.1 Å². The minimum Gasteiger partial charge on any atom is -0.501 e. The molecule has 140 valence electrons. The second-order valence-corrected chi connectivity index (χ2v) is 5.60. The first-order chi connectivity index (χ1) is 12.5. The number of carbonyl (C=O) groups is 1. The number of carbonyl (C=O) groups excluding carboxylic acids is 1. The summed E-state index contributed by atoms with van der Waals surface area (Å²) in [4.78, 5) is 20.3. The van der Waals surface area contributed by atoms with E-state index >= 15 is 0 Å². The van der Waals surface area contributed by atoms with Crippen molar-refractivity contribution in [3.63, 3.8) is 0 Å². The number of nitrogens with one attached hydrogen (secondary N) is 1. The number of aromatic nitrogens is 2. The van der Waals surface area contributed by atoms with Gasteiger partial charge in [-0.05, 0) is 12.5 Å². The summed E-state index contributed by atoms with van der Waals surface area (Å²) in [5.41, 5.74) is 0.439. The summed E-state index contributed by atoms with van der Waals surface area (Å²) in [6, 6.07) is 5.31. The van der Waals surface area contributed by atoms with Crippen LogP contribution in [0.4, 0.5) is 0 Å². The van der Waals surface area contributed by atoms with Crippen LogP contribution in [0.1, 0.15) is 41.6 Å². The zero-order chi connectivity index (χ0) is 19.1. The summed E-state index contributed by atoms with van der Waals surface area (Å²) >= 11 is 0. The Balaban J connectivity index is 2.19. The zero-order valence-electron chi connectivity index (χ0n) is 15.1. The maximum Gasteiger partial charge on any atom is 0.274 e. The predicted octanol–water partition coefficient (Wildman–Crippen LogP) is 2.18. The van der Waals surface area contributed by atoms with Crippen LogP contribution in [0.2, 0.25) is 0 Å². The summed E-state index contributed by atoms with van der Waals surface area (Å²) in [6.07, 6.45) is 2.24. The van der Waals surface area contributed by atoms with E-state index in [4.69, 9.17) is 9.47 Å². The van der Waals surface area contributed by atoms with Gasteiger partial charge in [-0.1, -0.05) is 25.5 Å². The maximum atomic E-state index is 12.4. The van der Waals surface area contributed by atoms with Crippen LogP contribution in [0.15, 0.2) is 18.2 Å². The maximum absolute atomic E-state index is 12.4. The topological polar surface area (TPSA) is 114 Å². The molecular formula is C18H23N3O5. The SMILES string of the molecule is CCCCc1nc(O)c(O)c(C(=O)NCc2cccc(OC)c2OC)n1. The third-order valence-electron chi connectivity index (χ3n) is 3.80. The van der Waals surface area contributed by atoms with Gasteiger partial charge < -0.3 is 25.0 Å². The number of hydrogen-bond acceptors (Lipinski definition) is 7. The number of para-hydroxylation sites is 1. The molecule has 2 rings (SSSR count). The van der Waals surface area contributed by atoms with E-state index in [1.54, 1.807) is 18.2 Å². The average Bonchev–Trinajstić information content (AvgIpc) is 2.66. The highest BCUT2D eigenvalue weighted by molar-refractivity contribution is 5.95. The van der Waals surface area contributed by atoms with Crippen LogP contribution >= 0.6 is 0 Å². The lowest BCUT2D eigenvalue weighted by molar-refractivity contribution is 0.0941. The number of aromatic hydroxyl groups is 2. The molecule has 0 aliphatic rings. The second kappa shape index (κ2) is 8.89. The third kappa shape index (κ3) is 4.33. The Morgan fingerprint density at radius 2 is 1.96 bits per heavy atom. The number of rotatable bonds is 8. The fraction of sp³-hybridized carbons (Fsp3) is 0.389. The van der Waals surface area contributed by atoms with Crippen LogP contribution in [-0.4, -0.2) is 40.3 Å². The van der Waals surface area contributed by atoms with Gasteiger partial charge in [-0.3, -0.25) is 4.79 Å². The first kappa shape index (κ1) is 19.3. The minimum atomic E-state index is -0.639. The lowest BCUT2D eigenvalue weighted by atomic mass is 10.1. The van der Waals surface area contributed by atoms with Crippen molar-refractivity contribution >= 4 is 5.91 Å². The largest absolute Gasteiger partial charge is 0.501 e. The quantitative estimate of drug-likeness (QED) is 0.660. The zero-order valence-corrected chi connectivity index (χ0v) is 15.1. The Hall–Kier alpha value is -3.03. The molecular weight excluding hydrogens is 338 g/mol. The summed E-state index contributed by atoms with van der Waals surface area (Å²) < 4.78 is 10.5. The van der Waals surface area contributed by atoms with Gasteiger partial charge in [0.25, 0.3) is 11.8 Å². The molecule has 0 saturated carbocycles. The van der Waals surface area contributed by atoms with Gasteiger partial charge in [-0.2, -0.15) is 4.98 Å². The molecule has 0 unspecified atom stereocenters. The molecule has 3 N–H and O–H groups in total. The fourth-order valence-corrected chi connectivity index (χ4v) is 2.45. The summed E-state index contributed by atoms with van der Waals surface area (Å²) in [5.74, 6) is -0.498. The van der Waals surface area contributed by atoms with E-state index in [-0.39, 0.29) is 12.2 Å². The predicted molar refractivity (Wildman–Crippen MR) is 94.7 cm³/mol. The van der Waals surface area contributed by atoms with Crippen molar-refractivity contribution < 1.29 is 24.5 Å². The van der Waals surface area contributed by atoms with Gasteiger partial charge in [0, 0.05) is 18.5 Å². The molecule has 1 aromatic heterocycles. The fourth-order valence-electron chi connectivity index (χ4n) is 2.45. The number of nitrogens with zero attached hydrogens (tertiary/aromatic N) is 2. The second-order valence-electron chi connectivity index (χ2n) is 5.60. The van der Waals surface area contributed by atoms with Crippen molar-refractivity contribution in [3.8, 4) is 23.1 Å². The Labute approximate surface area is 151 Å². The van der Waals surface area contributed by atoms with Crippen LogP contribution < -0.4 is 14.8 Å². The van der Waals surface area contributed by atoms with E-state index in [2.05, 4.69) is 15.3 Å². The number of amides is 1. The minimum absolute atomic E-state index is 0.133. The van der Waals surface area contributed by atoms with Gasteiger partial charge >= 0.3 is 0 Å². The van der Waals surface area contributed by atoms with Gasteiger partial charge in [0.1, 0.15) is 5.82 Å². The van der Waals surface area contributed by atoms with Crippen LogP contribution in [0.25, 0.3) is 0 Å². The molecule has 1 heterocycles. The van der Waals surface area contributed by atoms with E-state index < -0.39 is 17.5 Å². The Kier molecular flexibility index (Phi) is 6.60. The highest BCUT2D eigenvalue weighted by Gasteiger charge is 2.20. The van der Waals surface area contributed by atoms with Crippen molar-refractivity contribution in [2.45, 2.75) is 32.7 Å². The number of aryl methyl sites for hydroxylation is 1. The van der Waals surface area contributed by atoms with E-state index in [9.17, 15) is 15.0 Å². The smallest absolute Gasteiger partial charge is 0.274 e. The molecule has 0 bridgehead atoms. The summed E-state index contributed by atoms with van der Waals surface area (Å²) in [5, 5.41) is 22.3. The van der Waals surface area contributed by atoms with Crippen molar-refractivity contribution in [3.05, 3.63) is 35.3 Å². The molecule has 0 atom stereocenters. The summed E-state index contributed by atoms with van der Waals surface area (Å²) in [7, 11) is 3.04. The van der Waals surface area contributed by atoms with Gasteiger partial charge in [-0.15, -0.1) is 0 Å². The van der Waals surface area contributed by atoms with Crippen molar-refractivity contribution in [2.24, 2.45) is 0 Å². The van der Waals surface area contributed by atoms with Crippen molar-refractivity contribution in [2.75, 3.05) is 14.2 Å². The molecule has 0 aliphatic heterocycles. The lowest BCUT2D eigenvalue weighted by Gasteiger charge is -2.13. The number of benzene rings is 1. The van der Waals surface area contributed by atoms with Gasteiger partial charge in [0.2, 0.25) is 5.75 Å². The first-order valence-corrected chi connectivity index (χ1v) is 8.28. The standard InChI is InChI=1S/C18H23N3O5/c1-4-5-9-13-20-14(15(22)18(24)21-13)17(23)19-10-11-7-6-8-12(25-2)16(11)26-3/h6-8,22H,4-5,9-10H2,1-3H3,(H,19,23)(H,20,21,24). The van der Waals surface area contributed by atoms with E-state index in [0.717, 1.165) is 12.8 Å². The monoisotopic (exact) mass is 361 g/mol. The number of ether oxygens (including phenoxy) is 2. The summed E-state index contributed by atoms with van der Waals surface area (Å²) in [6.45, 7) is 2.14. The molecule has 1 aromatic carbocycles. The number of methoxy groups -OCH3 is 2. The lowest BCUT2D eigenvalue weighted by Crippen LogP contribution is -2.25. The highest BCUT2D eigenvalue weighted by atomic mass is 16.5. The Bertz CT molecular complexity index is 780. The van der Waals surface area contributed by atoms with Crippen LogP contribution in [0, 0.1) is 0 Å². The molecule has 0 spiro atoms. The normalized spacial score (nSPS) is 10.4. The number of hydrogen-bond donors (Lipinski definition) is 3. The van der Waals surface area contributed by atoms with E-state index in [0.29, 0.717) is 29.3 Å². The molecule has 0 saturated heterocycles. The first-order valence-electron chi connectivity index (χ1n) is 8.28. The van der Waals surface area contributed by atoms with Crippen molar-refractivity contribution in [1.29, 1.82) is 0 Å². The van der Waals surface area contributed by atoms with Gasteiger partial charge in [0.05, 0.1) is 14.2 Å². The van der Waals surface area contributed by atoms with Gasteiger partial charge in [-0.25, -0.2) is 4.98 Å². The third-order valence-corrected chi connectivity index (χ3v) is 3.80. The molecule has 1 amide bonds. The Morgan fingerprint density at radius 1 is 1.19 bits per heavy atom.